The molecule has 0 aliphatic rings. The fourth-order valence-corrected chi connectivity index (χ4v) is 1.31. The van der Waals surface area contributed by atoms with Gasteiger partial charge < -0.3 is 5.32 Å². The van der Waals surface area contributed by atoms with Gasteiger partial charge in [0.15, 0.2) is 0 Å². The van der Waals surface area contributed by atoms with Gasteiger partial charge in [-0.15, -0.1) is 0 Å². The maximum Gasteiger partial charge on any atom is 0.000506 e. The molecule has 1 atom stereocenters. The maximum atomic E-state index is 3.49. The predicted octanol–water partition coefficient (Wildman–Crippen LogP) is 3.06. The second-order valence-electron chi connectivity index (χ2n) is 4.47. The lowest BCUT2D eigenvalue weighted by molar-refractivity contribution is 0.216. The normalized spacial score (nSPS) is 14.8. The molecule has 0 radical (unpaired) electrons. The number of nitrogens with one attached hydrogen (secondary N) is 1. The first-order valence-corrected chi connectivity index (χ1v) is 5.25. The van der Waals surface area contributed by atoms with E-state index >= 15 is 0 Å². The number of hydrogen-bond acceptors (Lipinski definition) is 1. The monoisotopic (exact) mass is 171 g/mol. The smallest absolute Gasteiger partial charge is 0.000506 e. The average molecular weight is 171 g/mol. The third-order valence-electron chi connectivity index (χ3n) is 2.95. The Bertz CT molecular complexity index is 108. The van der Waals surface area contributed by atoms with Crippen LogP contribution < -0.4 is 5.32 Å². The fraction of sp³-hybridized carbons (Fsp3) is 1.00. The van der Waals surface area contributed by atoms with Crippen molar-refractivity contribution < 1.29 is 0 Å². The second kappa shape index (κ2) is 5.58. The molecule has 0 aromatic rings. The quantitative estimate of drug-likeness (QED) is 0.606. The van der Waals surface area contributed by atoms with E-state index in [4.69, 9.17) is 0 Å². The fourth-order valence-electron chi connectivity index (χ4n) is 1.31. The Balaban J connectivity index is 3.70. The predicted molar refractivity (Wildman–Crippen MR) is 56.4 cm³/mol. The van der Waals surface area contributed by atoms with E-state index in [2.05, 4.69) is 39.9 Å². The van der Waals surface area contributed by atoms with Crippen molar-refractivity contribution in [2.45, 2.75) is 47.5 Å². The molecule has 12 heavy (non-hydrogen) atoms. The lowest BCUT2D eigenvalue weighted by atomic mass is 9.78. The first kappa shape index (κ1) is 12.0. The lowest BCUT2D eigenvalue weighted by Gasteiger charge is -2.31. The average Bonchev–Trinajstić information content (AvgIpc) is 2.03. The van der Waals surface area contributed by atoms with Crippen LogP contribution in [0.3, 0.4) is 0 Å². The van der Waals surface area contributed by atoms with Crippen molar-refractivity contribution in [3.05, 3.63) is 0 Å². The van der Waals surface area contributed by atoms with Gasteiger partial charge in [0.05, 0.1) is 0 Å². The second-order valence-corrected chi connectivity index (χ2v) is 4.47. The lowest BCUT2D eigenvalue weighted by Crippen LogP contribution is -2.34. The number of rotatable bonds is 6. The molecule has 1 heteroatoms. The van der Waals surface area contributed by atoms with Crippen LogP contribution in [0.15, 0.2) is 0 Å². The molecule has 0 fully saturated rings. The van der Waals surface area contributed by atoms with Crippen molar-refractivity contribution in [1.82, 2.24) is 5.32 Å². The van der Waals surface area contributed by atoms with Crippen LogP contribution in [0.25, 0.3) is 0 Å². The van der Waals surface area contributed by atoms with Gasteiger partial charge in [0.25, 0.3) is 0 Å². The molecule has 0 bridgehead atoms. The molecule has 0 amide bonds. The Morgan fingerprint density at radius 3 is 2.25 bits per heavy atom. The molecular formula is C11H25N. The summed E-state index contributed by atoms with van der Waals surface area (Å²) in [5.74, 6) is 0.807. The molecule has 0 spiro atoms. The van der Waals surface area contributed by atoms with Gasteiger partial charge >= 0.3 is 0 Å². The van der Waals surface area contributed by atoms with E-state index in [9.17, 15) is 0 Å². The van der Waals surface area contributed by atoms with Gasteiger partial charge in [0, 0.05) is 6.54 Å². The summed E-state index contributed by atoms with van der Waals surface area (Å²) in [4.78, 5) is 0. The summed E-state index contributed by atoms with van der Waals surface area (Å²) in [5, 5.41) is 3.49. The van der Waals surface area contributed by atoms with E-state index in [-0.39, 0.29) is 0 Å². The van der Waals surface area contributed by atoms with Crippen molar-refractivity contribution in [3.63, 3.8) is 0 Å². The summed E-state index contributed by atoms with van der Waals surface area (Å²) in [6.07, 6.45) is 2.51. The Hall–Kier alpha value is -0.0400. The first-order chi connectivity index (χ1) is 5.54. The summed E-state index contributed by atoms with van der Waals surface area (Å²) < 4.78 is 0. The van der Waals surface area contributed by atoms with Crippen LogP contribution in [0.5, 0.6) is 0 Å². The summed E-state index contributed by atoms with van der Waals surface area (Å²) in [5.41, 5.74) is 0.448. The van der Waals surface area contributed by atoms with E-state index < -0.39 is 0 Å². The van der Waals surface area contributed by atoms with Gasteiger partial charge in [-0.3, -0.25) is 0 Å². The maximum absolute atomic E-state index is 3.49. The van der Waals surface area contributed by atoms with Gasteiger partial charge in [-0.2, -0.15) is 0 Å². The Kier molecular flexibility index (Phi) is 5.56. The van der Waals surface area contributed by atoms with Crippen molar-refractivity contribution in [1.29, 1.82) is 0 Å². The standard InChI is InChI=1S/C11H25N/c1-6-8-12-9-11(4,5)10(3)7-2/h10,12H,6-9H2,1-5H3. The van der Waals surface area contributed by atoms with Crippen LogP contribution in [0.4, 0.5) is 0 Å². The topological polar surface area (TPSA) is 12.0 Å². The molecule has 0 rings (SSSR count). The third-order valence-corrected chi connectivity index (χ3v) is 2.95. The van der Waals surface area contributed by atoms with Crippen LogP contribution in [0.1, 0.15) is 47.5 Å². The molecule has 1 nitrogen and oxygen atoms in total. The van der Waals surface area contributed by atoms with Crippen LogP contribution in [0, 0.1) is 11.3 Å². The molecule has 0 heterocycles. The van der Waals surface area contributed by atoms with E-state index in [0.717, 1.165) is 19.0 Å². The molecular weight excluding hydrogens is 146 g/mol. The van der Waals surface area contributed by atoms with E-state index in [1.54, 1.807) is 0 Å². The van der Waals surface area contributed by atoms with Gasteiger partial charge in [-0.05, 0) is 24.3 Å². The Labute approximate surface area is 77.9 Å². The van der Waals surface area contributed by atoms with E-state index in [1.165, 1.54) is 12.8 Å². The van der Waals surface area contributed by atoms with Crippen molar-refractivity contribution >= 4 is 0 Å². The zero-order valence-electron chi connectivity index (χ0n) is 9.41. The molecule has 74 valence electrons. The molecule has 1 unspecified atom stereocenters. The molecule has 0 aliphatic heterocycles. The van der Waals surface area contributed by atoms with Crippen molar-refractivity contribution in [2.24, 2.45) is 11.3 Å². The minimum atomic E-state index is 0.448. The van der Waals surface area contributed by atoms with Gasteiger partial charge in [-0.25, -0.2) is 0 Å². The minimum absolute atomic E-state index is 0.448. The molecule has 0 saturated heterocycles. The van der Waals surface area contributed by atoms with Gasteiger partial charge in [0.1, 0.15) is 0 Å². The van der Waals surface area contributed by atoms with Crippen LogP contribution in [-0.4, -0.2) is 13.1 Å². The molecule has 0 aromatic carbocycles. The van der Waals surface area contributed by atoms with Crippen molar-refractivity contribution in [2.75, 3.05) is 13.1 Å². The highest BCUT2D eigenvalue weighted by Crippen LogP contribution is 2.27. The number of hydrogen-bond donors (Lipinski definition) is 1. The largest absolute Gasteiger partial charge is 0.316 e. The zero-order chi connectivity index (χ0) is 9.61. The first-order valence-electron chi connectivity index (χ1n) is 5.25. The summed E-state index contributed by atoms with van der Waals surface area (Å²) in [6, 6.07) is 0. The molecule has 0 aromatic heterocycles. The summed E-state index contributed by atoms with van der Waals surface area (Å²) >= 11 is 0. The van der Waals surface area contributed by atoms with Crippen molar-refractivity contribution in [3.8, 4) is 0 Å². The highest BCUT2D eigenvalue weighted by Gasteiger charge is 2.23. The SMILES string of the molecule is CCCNCC(C)(C)C(C)CC. The van der Waals surface area contributed by atoms with E-state index in [0.29, 0.717) is 5.41 Å². The minimum Gasteiger partial charge on any atom is -0.316 e. The molecule has 0 saturated carbocycles. The zero-order valence-corrected chi connectivity index (χ0v) is 9.41. The third kappa shape index (κ3) is 4.10. The Morgan fingerprint density at radius 2 is 1.83 bits per heavy atom. The van der Waals surface area contributed by atoms with Crippen LogP contribution >= 0.6 is 0 Å². The highest BCUT2D eigenvalue weighted by molar-refractivity contribution is 4.76. The van der Waals surface area contributed by atoms with Gasteiger partial charge in [-0.1, -0.05) is 41.0 Å². The van der Waals surface area contributed by atoms with E-state index in [1.807, 2.05) is 0 Å². The summed E-state index contributed by atoms with van der Waals surface area (Å²) in [7, 11) is 0. The highest BCUT2D eigenvalue weighted by atomic mass is 14.9. The molecule has 0 aliphatic carbocycles. The van der Waals surface area contributed by atoms with Crippen LogP contribution in [-0.2, 0) is 0 Å². The van der Waals surface area contributed by atoms with Gasteiger partial charge in [0.2, 0.25) is 0 Å². The molecule has 1 N–H and O–H groups in total. The summed E-state index contributed by atoms with van der Waals surface area (Å²) in [6.45, 7) is 13.8. The van der Waals surface area contributed by atoms with Crippen LogP contribution in [0.2, 0.25) is 0 Å². The Morgan fingerprint density at radius 1 is 1.25 bits per heavy atom.